The van der Waals surface area contributed by atoms with Crippen molar-refractivity contribution in [3.05, 3.63) is 87.8 Å². The van der Waals surface area contributed by atoms with Crippen LogP contribution in [0.1, 0.15) is 44.4 Å². The van der Waals surface area contributed by atoms with Crippen LogP contribution in [0, 0.1) is 6.92 Å². The molecule has 0 bridgehead atoms. The van der Waals surface area contributed by atoms with Crippen molar-refractivity contribution in [3.8, 4) is 11.5 Å². The number of carbonyl (C=O) groups excluding carboxylic acids is 2. The second-order valence-corrected chi connectivity index (χ2v) is 10.8. The molecular weight excluding hydrogens is 500 g/mol. The van der Waals surface area contributed by atoms with Crippen LogP contribution in [0.4, 0.5) is 5.69 Å². The van der Waals surface area contributed by atoms with E-state index in [1.54, 1.807) is 18.2 Å². The number of aryl methyl sites for hydroxylation is 1. The van der Waals surface area contributed by atoms with Gasteiger partial charge in [-0.25, -0.2) is 0 Å². The number of carbonyl (C=O) groups is 2. The molecule has 1 fully saturated rings. The van der Waals surface area contributed by atoms with Gasteiger partial charge in [-0.1, -0.05) is 30.3 Å². The second kappa shape index (κ2) is 9.21. The summed E-state index contributed by atoms with van der Waals surface area (Å²) in [5.74, 6) is 0.666. The Hall–Kier alpha value is -3.76. The Labute approximate surface area is 223 Å². The lowest BCUT2D eigenvalue weighted by atomic mass is 9.69. The van der Waals surface area contributed by atoms with Gasteiger partial charge in [0.05, 0.1) is 28.3 Å². The molecule has 4 aromatic rings. The summed E-state index contributed by atoms with van der Waals surface area (Å²) in [5.41, 5.74) is 21.4. The number of anilines is 1. The Bertz CT molecular complexity index is 1580. The van der Waals surface area contributed by atoms with Crippen molar-refractivity contribution in [3.63, 3.8) is 0 Å². The van der Waals surface area contributed by atoms with E-state index in [9.17, 15) is 9.59 Å². The van der Waals surface area contributed by atoms with E-state index in [0.717, 1.165) is 12.0 Å². The first-order chi connectivity index (χ1) is 18.3. The standard InChI is InChI=1S/C29H28N4O4S/c1-15-13-18(37-17-5-3-2-4-6-17)7-8-19(15)29(32)20-9-10-21(30)25-22(20)23(24(31)27(29)34)26(38-25)28(35)33-16-11-12-36-14-16/h2-10,13,16,24H,11-12,14,30-32H2,1H3,(H,33,35). The largest absolute Gasteiger partial charge is 0.457 e. The van der Waals surface area contributed by atoms with Crippen LogP contribution in [0.25, 0.3) is 10.1 Å². The molecule has 194 valence electrons. The summed E-state index contributed by atoms with van der Waals surface area (Å²) in [5, 5.41) is 3.69. The zero-order valence-electron chi connectivity index (χ0n) is 20.8. The number of benzene rings is 3. The Morgan fingerprint density at radius 3 is 2.58 bits per heavy atom. The lowest BCUT2D eigenvalue weighted by molar-refractivity contribution is -0.124. The van der Waals surface area contributed by atoms with Crippen LogP contribution >= 0.6 is 11.3 Å². The third kappa shape index (κ3) is 3.78. The highest BCUT2D eigenvalue weighted by Crippen LogP contribution is 2.50. The highest BCUT2D eigenvalue weighted by atomic mass is 32.1. The van der Waals surface area contributed by atoms with Gasteiger partial charge in [-0.2, -0.15) is 0 Å². The van der Waals surface area contributed by atoms with Gasteiger partial charge in [-0.05, 0) is 60.4 Å². The molecule has 2 heterocycles. The third-order valence-electron chi connectivity index (χ3n) is 7.39. The molecule has 1 aromatic heterocycles. The molecule has 7 N–H and O–H groups in total. The summed E-state index contributed by atoms with van der Waals surface area (Å²) in [4.78, 5) is 27.7. The Balaban J connectivity index is 1.46. The quantitative estimate of drug-likeness (QED) is 0.288. The van der Waals surface area contributed by atoms with Gasteiger partial charge in [0.25, 0.3) is 5.91 Å². The minimum atomic E-state index is -1.53. The highest BCUT2D eigenvalue weighted by molar-refractivity contribution is 7.21. The molecule has 0 radical (unpaired) electrons. The lowest BCUT2D eigenvalue weighted by Crippen LogP contribution is -2.53. The number of para-hydroxylation sites is 1. The lowest BCUT2D eigenvalue weighted by Gasteiger charge is -2.37. The minimum absolute atomic E-state index is 0.0832. The van der Waals surface area contributed by atoms with Gasteiger partial charge in [0, 0.05) is 23.2 Å². The van der Waals surface area contributed by atoms with E-state index in [1.807, 2.05) is 49.4 Å². The molecule has 3 aromatic carbocycles. The summed E-state index contributed by atoms with van der Waals surface area (Å²) in [6, 6.07) is 17.2. The first-order valence-electron chi connectivity index (χ1n) is 12.5. The molecule has 38 heavy (non-hydrogen) atoms. The summed E-state index contributed by atoms with van der Waals surface area (Å²) in [6.07, 6.45) is 0.736. The van der Waals surface area contributed by atoms with Gasteiger partial charge in [0.15, 0.2) is 5.78 Å². The molecule has 1 aliphatic heterocycles. The normalized spacial score (nSPS) is 22.6. The van der Waals surface area contributed by atoms with Gasteiger partial charge in [0.1, 0.15) is 17.0 Å². The van der Waals surface area contributed by atoms with Crippen LogP contribution in [-0.2, 0) is 15.1 Å². The van der Waals surface area contributed by atoms with E-state index in [4.69, 9.17) is 26.7 Å². The first kappa shape index (κ1) is 24.6. The SMILES string of the molecule is Cc1cc(Oc2ccccc2)ccc1C1(N)C(=O)C(N)c2c(C(=O)NC3CCOC3)sc3c(N)ccc1c23. The van der Waals surface area contributed by atoms with Crippen LogP contribution < -0.4 is 27.3 Å². The molecule has 1 aliphatic carbocycles. The van der Waals surface area contributed by atoms with Crippen molar-refractivity contribution in [1.82, 2.24) is 5.32 Å². The molecule has 1 saturated heterocycles. The van der Waals surface area contributed by atoms with Crippen molar-refractivity contribution in [1.29, 1.82) is 0 Å². The molecule has 3 atom stereocenters. The molecule has 9 heteroatoms. The van der Waals surface area contributed by atoms with E-state index < -0.39 is 11.6 Å². The highest BCUT2D eigenvalue weighted by Gasteiger charge is 2.49. The molecule has 1 amide bonds. The zero-order valence-corrected chi connectivity index (χ0v) is 21.6. The van der Waals surface area contributed by atoms with Crippen molar-refractivity contribution in [2.45, 2.75) is 31.0 Å². The van der Waals surface area contributed by atoms with Gasteiger partial charge in [0.2, 0.25) is 0 Å². The van der Waals surface area contributed by atoms with Gasteiger partial charge >= 0.3 is 0 Å². The minimum Gasteiger partial charge on any atom is -0.457 e. The Morgan fingerprint density at radius 1 is 1.11 bits per heavy atom. The monoisotopic (exact) mass is 528 g/mol. The van der Waals surface area contributed by atoms with Gasteiger partial charge in [-0.3, -0.25) is 9.59 Å². The van der Waals surface area contributed by atoms with Gasteiger partial charge < -0.3 is 32.0 Å². The van der Waals surface area contributed by atoms with Crippen LogP contribution in [0.3, 0.4) is 0 Å². The van der Waals surface area contributed by atoms with Crippen molar-refractivity contribution >= 4 is 38.8 Å². The first-order valence-corrected chi connectivity index (χ1v) is 13.3. The number of nitrogens with two attached hydrogens (primary N) is 3. The molecule has 2 aliphatic rings. The van der Waals surface area contributed by atoms with E-state index in [0.29, 0.717) is 62.1 Å². The second-order valence-electron chi connectivity index (χ2n) is 9.83. The summed E-state index contributed by atoms with van der Waals surface area (Å²) in [7, 11) is 0. The van der Waals surface area contributed by atoms with Crippen LogP contribution in [0.2, 0.25) is 0 Å². The fourth-order valence-electron chi connectivity index (χ4n) is 5.49. The number of hydrogen-bond acceptors (Lipinski definition) is 8. The average Bonchev–Trinajstić information content (AvgIpc) is 3.56. The molecule has 0 saturated carbocycles. The number of nitrogens with one attached hydrogen (secondary N) is 1. The average molecular weight is 529 g/mol. The molecule has 6 rings (SSSR count). The summed E-state index contributed by atoms with van der Waals surface area (Å²) in [6.45, 7) is 2.95. The maximum absolute atomic E-state index is 14.0. The molecule has 8 nitrogen and oxygen atoms in total. The Morgan fingerprint density at radius 2 is 1.87 bits per heavy atom. The molecule has 0 spiro atoms. The maximum Gasteiger partial charge on any atom is 0.262 e. The third-order valence-corrected chi connectivity index (χ3v) is 8.64. The number of nitrogen functional groups attached to an aromatic ring is 1. The maximum atomic E-state index is 14.0. The van der Waals surface area contributed by atoms with Crippen LogP contribution in [0.5, 0.6) is 11.5 Å². The number of thiophene rings is 1. The topological polar surface area (TPSA) is 143 Å². The predicted molar refractivity (Wildman–Crippen MR) is 148 cm³/mol. The van der Waals surface area contributed by atoms with E-state index in [1.165, 1.54) is 11.3 Å². The van der Waals surface area contributed by atoms with Crippen LogP contribution in [0.15, 0.2) is 60.7 Å². The van der Waals surface area contributed by atoms with E-state index >= 15 is 0 Å². The summed E-state index contributed by atoms with van der Waals surface area (Å²) < 4.78 is 12.1. The number of ether oxygens (including phenoxy) is 2. The summed E-state index contributed by atoms with van der Waals surface area (Å²) >= 11 is 1.24. The van der Waals surface area contributed by atoms with Gasteiger partial charge in [-0.15, -0.1) is 11.3 Å². The number of rotatable bonds is 5. The fraction of sp³-hybridized carbons (Fsp3) is 0.241. The predicted octanol–water partition coefficient (Wildman–Crippen LogP) is 3.89. The molecule has 3 unspecified atom stereocenters. The van der Waals surface area contributed by atoms with Crippen LogP contribution in [-0.4, -0.2) is 30.9 Å². The zero-order chi connectivity index (χ0) is 26.6. The Kier molecular flexibility index (Phi) is 5.96. The fourth-order valence-corrected chi connectivity index (χ4v) is 6.70. The number of hydrogen-bond donors (Lipinski definition) is 4. The molecular formula is C29H28N4O4S. The number of amides is 1. The van der Waals surface area contributed by atoms with Crippen molar-refractivity contribution in [2.24, 2.45) is 11.5 Å². The number of ketones is 1. The van der Waals surface area contributed by atoms with Crippen molar-refractivity contribution in [2.75, 3.05) is 18.9 Å². The van der Waals surface area contributed by atoms with E-state index in [2.05, 4.69) is 5.32 Å². The smallest absolute Gasteiger partial charge is 0.262 e. The van der Waals surface area contributed by atoms with E-state index in [-0.39, 0.29) is 17.7 Å². The number of Topliss-reactive ketones (excluding diaryl/α,β-unsaturated/α-hetero) is 1. The van der Waals surface area contributed by atoms with Crippen molar-refractivity contribution < 1.29 is 19.1 Å².